The van der Waals surface area contributed by atoms with Crippen molar-refractivity contribution in [1.82, 2.24) is 4.31 Å². The molecule has 0 saturated carbocycles. The average Bonchev–Trinajstić information content (AvgIpc) is 3.47. The molecule has 4 aromatic rings. The molecule has 0 fully saturated rings. The number of carbonyl (C=O) groups is 1. The molecule has 2 aliphatic rings. The van der Waals surface area contributed by atoms with Crippen LogP contribution in [0.4, 0.5) is 5.69 Å². The van der Waals surface area contributed by atoms with Gasteiger partial charge in [0.05, 0.1) is 22.2 Å². The van der Waals surface area contributed by atoms with Crippen molar-refractivity contribution in [2.45, 2.75) is 23.8 Å². The van der Waals surface area contributed by atoms with Crippen LogP contribution in [0.3, 0.4) is 0 Å². The first-order chi connectivity index (χ1) is 18.4. The normalized spacial score (nSPS) is 16.8. The molecule has 190 valence electrons. The number of hydrogen-bond acceptors (Lipinski definition) is 3. The topological polar surface area (TPSA) is 57.7 Å². The van der Waals surface area contributed by atoms with Crippen molar-refractivity contribution in [1.29, 1.82) is 0 Å². The van der Waals surface area contributed by atoms with Crippen LogP contribution in [0.5, 0.6) is 0 Å². The van der Waals surface area contributed by atoms with Gasteiger partial charge in [0, 0.05) is 19.7 Å². The number of rotatable bonds is 5. The van der Waals surface area contributed by atoms with Gasteiger partial charge in [-0.2, -0.15) is 4.31 Å². The fourth-order valence-electron chi connectivity index (χ4n) is 5.73. The van der Waals surface area contributed by atoms with Crippen LogP contribution in [-0.4, -0.2) is 32.7 Å². The van der Waals surface area contributed by atoms with Gasteiger partial charge < -0.3 is 4.90 Å². The van der Waals surface area contributed by atoms with Crippen molar-refractivity contribution in [2.75, 3.05) is 19.0 Å². The Morgan fingerprint density at radius 2 is 1.37 bits per heavy atom. The van der Waals surface area contributed by atoms with Gasteiger partial charge in [-0.05, 0) is 58.9 Å². The van der Waals surface area contributed by atoms with Gasteiger partial charge in [0.15, 0.2) is 0 Å². The molecule has 1 aliphatic heterocycles. The summed E-state index contributed by atoms with van der Waals surface area (Å²) in [7, 11) is -0.549. The van der Waals surface area contributed by atoms with Crippen LogP contribution < -0.4 is 4.90 Å². The fraction of sp³-hybridized carbons (Fsp3) is 0.156. The van der Waals surface area contributed by atoms with E-state index in [0.717, 1.165) is 40.8 Å². The predicted octanol–water partition coefficient (Wildman–Crippen LogP) is 5.93. The Hall–Kier alpha value is -4.00. The number of hydrogen-bond donors (Lipinski definition) is 0. The maximum Gasteiger partial charge on any atom is 0.259 e. The van der Waals surface area contributed by atoms with Gasteiger partial charge in [0.25, 0.3) is 5.91 Å². The number of benzene rings is 4. The van der Waals surface area contributed by atoms with Crippen LogP contribution >= 0.6 is 0 Å². The van der Waals surface area contributed by atoms with Crippen LogP contribution in [0.15, 0.2) is 108 Å². The van der Waals surface area contributed by atoms with Crippen LogP contribution in [0.25, 0.3) is 11.1 Å². The Morgan fingerprint density at radius 3 is 2.03 bits per heavy atom. The lowest BCUT2D eigenvalue weighted by Gasteiger charge is -2.28. The summed E-state index contributed by atoms with van der Waals surface area (Å²) in [5, 5.41) is 0. The SMILES string of the molecule is CN1C(=O)/C(=C2/CCc3ccccc32)c2cc(S(=O)(=O)N(C)C(c3ccccc3)c3ccccc3)ccc21. The van der Waals surface area contributed by atoms with Gasteiger partial charge in [-0.15, -0.1) is 0 Å². The zero-order valence-corrected chi connectivity index (χ0v) is 22.2. The Kier molecular flexibility index (Phi) is 6.01. The molecule has 0 radical (unpaired) electrons. The van der Waals surface area contributed by atoms with Crippen molar-refractivity contribution in [3.63, 3.8) is 0 Å². The number of amides is 1. The molecule has 1 amide bonds. The second-order valence-corrected chi connectivity index (χ2v) is 11.8. The summed E-state index contributed by atoms with van der Waals surface area (Å²) in [6.45, 7) is 0. The van der Waals surface area contributed by atoms with E-state index >= 15 is 0 Å². The maximum absolute atomic E-state index is 14.1. The number of fused-ring (bicyclic) bond motifs is 2. The second kappa shape index (κ2) is 9.39. The van der Waals surface area contributed by atoms with Gasteiger partial charge in [-0.1, -0.05) is 84.9 Å². The molecule has 0 N–H and O–H groups in total. The van der Waals surface area contributed by atoms with E-state index < -0.39 is 16.1 Å². The first kappa shape index (κ1) is 24.3. The third-order valence-electron chi connectivity index (χ3n) is 7.68. The minimum Gasteiger partial charge on any atom is -0.311 e. The highest BCUT2D eigenvalue weighted by atomic mass is 32.2. The predicted molar refractivity (Wildman–Crippen MR) is 151 cm³/mol. The third-order valence-corrected chi connectivity index (χ3v) is 9.50. The van der Waals surface area contributed by atoms with Crippen molar-refractivity contribution in [3.05, 3.63) is 131 Å². The van der Waals surface area contributed by atoms with E-state index in [1.807, 2.05) is 72.8 Å². The number of aryl methyl sites for hydroxylation is 1. The number of carbonyl (C=O) groups excluding carboxylic acids is 1. The molecule has 1 heterocycles. The van der Waals surface area contributed by atoms with Crippen molar-refractivity contribution in [3.8, 4) is 0 Å². The number of likely N-dealkylation sites (N-methyl/N-ethyl adjacent to an activating group) is 1. The lowest BCUT2D eigenvalue weighted by atomic mass is 9.97. The molecule has 0 spiro atoms. The van der Waals surface area contributed by atoms with Gasteiger partial charge in [-0.25, -0.2) is 8.42 Å². The third kappa shape index (κ3) is 3.88. The average molecular weight is 521 g/mol. The lowest BCUT2D eigenvalue weighted by Crippen LogP contribution is -2.32. The largest absolute Gasteiger partial charge is 0.311 e. The molecule has 6 rings (SSSR count). The number of anilines is 1. The second-order valence-electron chi connectivity index (χ2n) is 9.80. The molecule has 5 nitrogen and oxygen atoms in total. The van der Waals surface area contributed by atoms with Crippen molar-refractivity contribution in [2.24, 2.45) is 0 Å². The summed E-state index contributed by atoms with van der Waals surface area (Å²) in [6, 6.07) is 32.0. The highest BCUT2D eigenvalue weighted by molar-refractivity contribution is 7.89. The summed E-state index contributed by atoms with van der Waals surface area (Å²) in [5.41, 5.74) is 7.06. The number of allylic oxidation sites excluding steroid dienone is 1. The maximum atomic E-state index is 14.1. The van der Waals surface area contributed by atoms with Gasteiger partial charge >= 0.3 is 0 Å². The molecule has 0 unspecified atom stereocenters. The fourth-order valence-corrected chi connectivity index (χ4v) is 7.09. The summed E-state index contributed by atoms with van der Waals surface area (Å²) in [5.74, 6) is -0.0962. The molecular weight excluding hydrogens is 492 g/mol. The standard InChI is InChI=1S/C32H28N2O3S/c1-33-29-20-18-25(21-28(29)30(32(33)35)27-19-17-22-11-9-10-16-26(22)27)38(36,37)34(2)31(23-12-5-3-6-13-23)24-14-7-4-8-15-24/h3-16,18,20-21,31H,17,19H2,1-2H3/b30-27-. The summed E-state index contributed by atoms with van der Waals surface area (Å²) >= 11 is 0. The molecule has 0 aromatic heterocycles. The Morgan fingerprint density at radius 1 is 0.763 bits per heavy atom. The van der Waals surface area contributed by atoms with Gasteiger partial charge in [0.1, 0.15) is 0 Å². The van der Waals surface area contributed by atoms with Crippen LogP contribution in [0.1, 0.15) is 40.3 Å². The Labute approximate surface area is 223 Å². The number of sulfonamides is 1. The highest BCUT2D eigenvalue weighted by Crippen LogP contribution is 2.46. The molecule has 1 aliphatic carbocycles. The van der Waals surface area contributed by atoms with E-state index in [0.29, 0.717) is 11.1 Å². The summed E-state index contributed by atoms with van der Waals surface area (Å²) < 4.78 is 29.7. The lowest BCUT2D eigenvalue weighted by molar-refractivity contribution is -0.112. The quantitative estimate of drug-likeness (QED) is 0.307. The Bertz CT molecular complexity index is 1640. The minimum atomic E-state index is -3.92. The molecule has 4 aromatic carbocycles. The first-order valence-electron chi connectivity index (χ1n) is 12.7. The smallest absolute Gasteiger partial charge is 0.259 e. The van der Waals surface area contributed by atoms with Crippen LogP contribution in [-0.2, 0) is 21.2 Å². The number of nitrogens with zero attached hydrogens (tertiary/aromatic N) is 2. The Balaban J connectivity index is 1.47. The van der Waals surface area contributed by atoms with E-state index in [-0.39, 0.29) is 10.8 Å². The first-order valence-corrected chi connectivity index (χ1v) is 14.1. The van der Waals surface area contributed by atoms with E-state index in [9.17, 15) is 13.2 Å². The van der Waals surface area contributed by atoms with Gasteiger partial charge in [-0.3, -0.25) is 4.79 Å². The van der Waals surface area contributed by atoms with Crippen LogP contribution in [0.2, 0.25) is 0 Å². The monoisotopic (exact) mass is 520 g/mol. The van der Waals surface area contributed by atoms with Crippen LogP contribution in [0, 0.1) is 0 Å². The van der Waals surface area contributed by atoms with Crippen molar-refractivity contribution < 1.29 is 13.2 Å². The van der Waals surface area contributed by atoms with E-state index in [1.54, 1.807) is 37.2 Å². The van der Waals surface area contributed by atoms with Gasteiger partial charge in [0.2, 0.25) is 10.0 Å². The molecule has 38 heavy (non-hydrogen) atoms. The highest BCUT2D eigenvalue weighted by Gasteiger charge is 2.37. The molecule has 0 bridgehead atoms. The summed E-state index contributed by atoms with van der Waals surface area (Å²) in [4.78, 5) is 15.2. The van der Waals surface area contributed by atoms with E-state index in [4.69, 9.17) is 0 Å². The molecule has 0 atom stereocenters. The molecule has 0 saturated heterocycles. The molecule has 6 heteroatoms. The van der Waals surface area contributed by atoms with E-state index in [2.05, 4.69) is 12.1 Å². The summed E-state index contributed by atoms with van der Waals surface area (Å²) in [6.07, 6.45) is 1.63. The van der Waals surface area contributed by atoms with E-state index in [1.165, 1.54) is 9.87 Å². The van der Waals surface area contributed by atoms with Crippen molar-refractivity contribution >= 4 is 32.8 Å². The minimum absolute atomic E-state index is 0.0962. The molecular formula is C32H28N2O3S. The zero-order valence-electron chi connectivity index (χ0n) is 21.3. The zero-order chi connectivity index (χ0) is 26.4.